The number of nitrogens with zero attached hydrogens (tertiary/aromatic N) is 2. The van der Waals surface area contributed by atoms with Crippen molar-refractivity contribution in [2.45, 2.75) is 39.5 Å². The molecule has 0 radical (unpaired) electrons. The Labute approximate surface area is 167 Å². The first-order valence-corrected chi connectivity index (χ1v) is 9.46. The van der Waals surface area contributed by atoms with E-state index < -0.39 is 23.6 Å². The monoisotopic (exact) mass is 406 g/mol. The zero-order valence-electron chi connectivity index (χ0n) is 16.6. The van der Waals surface area contributed by atoms with Gasteiger partial charge in [0.05, 0.1) is 18.9 Å². The summed E-state index contributed by atoms with van der Waals surface area (Å²) in [6.45, 7) is 4.91. The number of hydrogen-bond acceptors (Lipinski definition) is 4. The van der Waals surface area contributed by atoms with E-state index in [1.165, 1.54) is 13.1 Å². The molecule has 0 saturated carbocycles. The third-order valence-electron chi connectivity index (χ3n) is 4.74. The minimum absolute atomic E-state index is 0.113. The lowest BCUT2D eigenvalue weighted by Crippen LogP contribution is -2.46. The molecular weight excluding hydrogens is 382 g/mol. The van der Waals surface area contributed by atoms with Crippen molar-refractivity contribution in [1.82, 2.24) is 20.2 Å². The Hall–Kier alpha value is -2.81. The molecule has 2 aromatic rings. The van der Waals surface area contributed by atoms with Crippen molar-refractivity contribution >= 4 is 11.8 Å². The molecule has 1 atom stereocenters. The average molecular weight is 406 g/mol. The van der Waals surface area contributed by atoms with Gasteiger partial charge in [0.15, 0.2) is 17.3 Å². The molecule has 1 aromatic carbocycles. The number of rotatable bonds is 6. The van der Waals surface area contributed by atoms with Gasteiger partial charge in [-0.15, -0.1) is 0 Å². The van der Waals surface area contributed by atoms with Gasteiger partial charge in [0.1, 0.15) is 11.9 Å². The summed E-state index contributed by atoms with van der Waals surface area (Å²) in [5.41, 5.74) is 1.01. The third-order valence-corrected chi connectivity index (χ3v) is 4.74. The number of carbonyl (C=O) groups excluding carboxylic acids is 2. The molecule has 2 N–H and O–H groups in total. The van der Waals surface area contributed by atoms with E-state index in [1.54, 1.807) is 4.57 Å². The van der Waals surface area contributed by atoms with Crippen LogP contribution in [0.4, 0.5) is 8.78 Å². The normalized spacial score (nSPS) is 14.4. The minimum Gasteiger partial charge on any atom is -0.373 e. The summed E-state index contributed by atoms with van der Waals surface area (Å²) in [6, 6.07) is 2.78. The number of halogens is 2. The van der Waals surface area contributed by atoms with E-state index in [0.29, 0.717) is 36.7 Å². The van der Waals surface area contributed by atoms with Crippen molar-refractivity contribution in [3.05, 3.63) is 41.2 Å². The fourth-order valence-corrected chi connectivity index (χ4v) is 3.34. The topological polar surface area (TPSA) is 85.3 Å². The Morgan fingerprint density at radius 1 is 1.28 bits per heavy atom. The van der Waals surface area contributed by atoms with E-state index >= 15 is 0 Å². The van der Waals surface area contributed by atoms with Gasteiger partial charge in [0.25, 0.3) is 5.91 Å². The zero-order valence-corrected chi connectivity index (χ0v) is 16.6. The minimum atomic E-state index is -0.991. The Morgan fingerprint density at radius 3 is 2.69 bits per heavy atom. The number of fused-ring (bicyclic) bond motifs is 1. The van der Waals surface area contributed by atoms with Crippen LogP contribution in [0.15, 0.2) is 18.2 Å². The first kappa shape index (κ1) is 20.9. The number of hydrogen-bond donors (Lipinski definition) is 2. The molecule has 0 fully saturated rings. The Balaban J connectivity index is 1.96. The van der Waals surface area contributed by atoms with E-state index in [2.05, 4.69) is 15.6 Å². The number of amides is 2. The van der Waals surface area contributed by atoms with Gasteiger partial charge in [-0.1, -0.05) is 13.8 Å². The smallest absolute Gasteiger partial charge is 0.272 e. The van der Waals surface area contributed by atoms with E-state index in [1.807, 2.05) is 13.8 Å². The summed E-state index contributed by atoms with van der Waals surface area (Å²) < 4.78 is 34.3. The van der Waals surface area contributed by atoms with Crippen LogP contribution in [0.3, 0.4) is 0 Å². The molecule has 7 nitrogen and oxygen atoms in total. The average Bonchev–Trinajstić information content (AvgIpc) is 3.08. The van der Waals surface area contributed by atoms with Crippen LogP contribution >= 0.6 is 0 Å². The van der Waals surface area contributed by atoms with Crippen LogP contribution in [-0.4, -0.2) is 41.1 Å². The van der Waals surface area contributed by atoms with Gasteiger partial charge < -0.3 is 19.9 Å². The molecule has 1 aromatic heterocycles. The third kappa shape index (κ3) is 4.45. The number of benzene rings is 1. The molecule has 29 heavy (non-hydrogen) atoms. The Morgan fingerprint density at radius 2 is 2.03 bits per heavy atom. The first-order chi connectivity index (χ1) is 13.8. The highest BCUT2D eigenvalue weighted by Gasteiger charge is 2.29. The fraction of sp³-hybridized carbons (Fsp3) is 0.450. The van der Waals surface area contributed by atoms with Crippen LogP contribution in [-0.2, 0) is 22.7 Å². The molecule has 1 aliphatic heterocycles. The largest absolute Gasteiger partial charge is 0.373 e. The predicted octanol–water partition coefficient (Wildman–Crippen LogP) is 2.25. The number of imidazole rings is 1. The lowest BCUT2D eigenvalue weighted by molar-refractivity contribution is -0.122. The predicted molar refractivity (Wildman–Crippen MR) is 102 cm³/mol. The van der Waals surface area contributed by atoms with Crippen molar-refractivity contribution in [2.75, 3.05) is 13.7 Å². The molecule has 0 saturated heterocycles. The van der Waals surface area contributed by atoms with Crippen LogP contribution in [0.5, 0.6) is 0 Å². The summed E-state index contributed by atoms with van der Waals surface area (Å²) in [4.78, 5) is 29.5. The molecule has 0 aliphatic carbocycles. The Bertz CT molecular complexity index is 927. The van der Waals surface area contributed by atoms with Crippen LogP contribution < -0.4 is 10.6 Å². The first-order valence-electron chi connectivity index (χ1n) is 9.46. The summed E-state index contributed by atoms with van der Waals surface area (Å²) in [7, 11) is 1.51. The summed E-state index contributed by atoms with van der Waals surface area (Å²) in [5, 5.41) is 5.29. The number of nitrogens with one attached hydrogen (secondary N) is 2. The highest BCUT2D eigenvalue weighted by Crippen LogP contribution is 2.27. The van der Waals surface area contributed by atoms with Gasteiger partial charge in [-0.25, -0.2) is 13.8 Å². The van der Waals surface area contributed by atoms with Crippen molar-refractivity contribution in [1.29, 1.82) is 0 Å². The molecule has 3 rings (SSSR count). The van der Waals surface area contributed by atoms with E-state index in [0.717, 1.165) is 12.1 Å². The molecule has 2 amide bonds. The van der Waals surface area contributed by atoms with Crippen molar-refractivity contribution in [2.24, 2.45) is 5.92 Å². The van der Waals surface area contributed by atoms with Crippen LogP contribution in [0, 0.1) is 17.6 Å². The summed E-state index contributed by atoms with van der Waals surface area (Å²) in [6.07, 6.45) is 0.466. The molecule has 0 bridgehead atoms. The van der Waals surface area contributed by atoms with Gasteiger partial charge in [-0.05, 0) is 30.5 Å². The molecule has 2 heterocycles. The van der Waals surface area contributed by atoms with E-state index in [-0.39, 0.29) is 24.1 Å². The van der Waals surface area contributed by atoms with Gasteiger partial charge in [0, 0.05) is 19.2 Å². The number of ether oxygens (including phenoxy) is 1. The number of aromatic nitrogens is 2. The van der Waals surface area contributed by atoms with Crippen molar-refractivity contribution in [3.8, 4) is 11.4 Å². The van der Waals surface area contributed by atoms with Crippen LogP contribution in [0.25, 0.3) is 11.4 Å². The van der Waals surface area contributed by atoms with Gasteiger partial charge in [-0.2, -0.15) is 0 Å². The summed E-state index contributed by atoms with van der Waals surface area (Å²) in [5.74, 6) is -2.21. The van der Waals surface area contributed by atoms with Crippen LogP contribution in [0.2, 0.25) is 0 Å². The molecular formula is C20H24F2N4O3. The lowest BCUT2D eigenvalue weighted by atomic mass is 10.0. The maximum Gasteiger partial charge on any atom is 0.272 e. The van der Waals surface area contributed by atoms with Gasteiger partial charge in [-0.3, -0.25) is 9.59 Å². The maximum absolute atomic E-state index is 13.7. The molecule has 1 aliphatic rings. The number of likely N-dealkylation sites (N-methyl/N-ethyl adjacent to an activating group) is 1. The van der Waals surface area contributed by atoms with E-state index in [4.69, 9.17) is 4.74 Å². The lowest BCUT2D eigenvalue weighted by Gasteiger charge is -2.20. The van der Waals surface area contributed by atoms with Crippen LogP contribution in [0.1, 0.15) is 36.5 Å². The quantitative estimate of drug-likeness (QED) is 0.771. The zero-order chi connectivity index (χ0) is 21.1. The molecule has 9 heteroatoms. The molecule has 1 unspecified atom stereocenters. The summed E-state index contributed by atoms with van der Waals surface area (Å²) >= 11 is 0. The second kappa shape index (κ2) is 8.69. The van der Waals surface area contributed by atoms with Gasteiger partial charge in [0.2, 0.25) is 5.91 Å². The maximum atomic E-state index is 13.7. The molecule has 156 valence electrons. The standard InChI is InChI=1S/C20H24F2N4O3/c1-11(2)8-15(19(27)23-3)24-20(28)17-16-10-29-7-6-26(16)18(25-17)12-4-5-13(21)14(22)9-12/h4-5,9,11,15H,6-8,10H2,1-3H3,(H,23,27)(H,24,28). The highest BCUT2D eigenvalue weighted by atomic mass is 19.2. The second-order valence-electron chi connectivity index (χ2n) is 7.33. The Kier molecular flexibility index (Phi) is 6.26. The van der Waals surface area contributed by atoms with Crippen molar-refractivity contribution < 1.29 is 23.1 Å². The van der Waals surface area contributed by atoms with Crippen molar-refractivity contribution in [3.63, 3.8) is 0 Å². The van der Waals surface area contributed by atoms with E-state index in [9.17, 15) is 18.4 Å². The number of carbonyl (C=O) groups is 2. The second-order valence-corrected chi connectivity index (χ2v) is 7.33. The SMILES string of the molecule is CNC(=O)C(CC(C)C)NC(=O)c1nc(-c2ccc(F)c(F)c2)n2c1COCC2. The van der Waals surface area contributed by atoms with Gasteiger partial charge >= 0.3 is 0 Å². The molecule has 0 spiro atoms. The highest BCUT2D eigenvalue weighted by molar-refractivity contribution is 5.97. The fourth-order valence-electron chi connectivity index (χ4n) is 3.34.